The van der Waals surface area contributed by atoms with E-state index in [1.807, 2.05) is 24.3 Å². The van der Waals surface area contributed by atoms with E-state index < -0.39 is 36.5 Å². The first-order valence-electron chi connectivity index (χ1n) is 19.9. The molecule has 14 nitrogen and oxygen atoms in total. The highest BCUT2D eigenvalue weighted by molar-refractivity contribution is 5.91. The van der Waals surface area contributed by atoms with Gasteiger partial charge in [-0.25, -0.2) is 19.2 Å². The number of carbonyl (C=O) groups is 4. The summed E-state index contributed by atoms with van der Waals surface area (Å²) in [7, 11) is 0. The molecule has 60 heavy (non-hydrogen) atoms. The largest absolute Gasteiger partial charge is 0.492 e. The number of nitrogens with zero attached hydrogens (tertiary/aromatic N) is 2. The molecule has 0 saturated carbocycles. The van der Waals surface area contributed by atoms with E-state index in [0.717, 1.165) is 74.6 Å². The molecule has 0 aliphatic carbocycles. The number of ether oxygens (including phenoxy) is 8. The number of hydrogen-bond acceptors (Lipinski definition) is 14. The van der Waals surface area contributed by atoms with Gasteiger partial charge >= 0.3 is 23.9 Å². The smallest absolute Gasteiger partial charge is 0.340 e. The van der Waals surface area contributed by atoms with E-state index in [1.54, 1.807) is 60.9 Å². The van der Waals surface area contributed by atoms with Crippen molar-refractivity contribution in [3.63, 3.8) is 0 Å². The van der Waals surface area contributed by atoms with E-state index in [1.165, 1.54) is 0 Å². The molecule has 0 spiro atoms. The molecular weight excluding hydrogens is 773 g/mol. The number of aromatic nitrogens is 2. The minimum atomic E-state index is -1.27. The number of rotatable bonds is 24. The molecule has 0 N–H and O–H groups in total. The van der Waals surface area contributed by atoms with E-state index >= 15 is 0 Å². The van der Waals surface area contributed by atoms with Gasteiger partial charge < -0.3 is 37.9 Å². The lowest BCUT2D eigenvalue weighted by atomic mass is 10.1. The lowest BCUT2D eigenvalue weighted by molar-refractivity contribution is -0.288. The fourth-order valence-electron chi connectivity index (χ4n) is 5.80. The summed E-state index contributed by atoms with van der Waals surface area (Å²) in [6.07, 6.45) is 10.1. The van der Waals surface area contributed by atoms with Gasteiger partial charge in [0.1, 0.15) is 11.5 Å². The molecule has 0 amide bonds. The van der Waals surface area contributed by atoms with E-state index in [-0.39, 0.29) is 24.3 Å². The zero-order valence-corrected chi connectivity index (χ0v) is 33.5. The van der Waals surface area contributed by atoms with Gasteiger partial charge in [-0.15, -0.1) is 0 Å². The second kappa shape index (κ2) is 24.5. The van der Waals surface area contributed by atoms with E-state index in [4.69, 9.17) is 37.9 Å². The van der Waals surface area contributed by atoms with Crippen molar-refractivity contribution in [2.24, 2.45) is 0 Å². The first-order valence-corrected chi connectivity index (χ1v) is 19.9. The maximum atomic E-state index is 13.1. The van der Waals surface area contributed by atoms with Crippen LogP contribution < -0.4 is 9.47 Å². The van der Waals surface area contributed by atoms with Gasteiger partial charge in [-0.3, -0.25) is 9.97 Å². The highest BCUT2D eigenvalue weighted by Gasteiger charge is 2.34. The number of pyridine rings is 2. The average Bonchev–Trinajstić information content (AvgIpc) is 3.29. The third-order valence-electron chi connectivity index (χ3n) is 9.06. The summed E-state index contributed by atoms with van der Waals surface area (Å²) in [6, 6.07) is 20.8. The predicted molar refractivity (Wildman–Crippen MR) is 220 cm³/mol. The van der Waals surface area contributed by atoms with Crippen LogP contribution in [0.25, 0.3) is 22.5 Å². The van der Waals surface area contributed by atoms with Crippen LogP contribution in [0.3, 0.4) is 0 Å². The molecule has 2 unspecified atom stereocenters. The Hall–Kier alpha value is -6.38. The van der Waals surface area contributed by atoms with E-state index in [9.17, 15) is 19.2 Å². The SMILES string of the molecule is C=CC(=O)OCCCCCCOc1ccc(-c2ccc(C(=O)OC3OCCOC3OC(=O)c3ccc(-c4ccc(OCCCCCCOC(=O)C=C)cn4)cc3)cc2)nc1. The monoisotopic (exact) mass is 822 g/mol. The number of esters is 4. The molecule has 1 aliphatic heterocycles. The van der Waals surface area contributed by atoms with E-state index in [0.29, 0.717) is 49.3 Å². The molecule has 14 heteroatoms. The Kier molecular flexibility index (Phi) is 18.3. The van der Waals surface area contributed by atoms with Crippen LogP contribution in [0.15, 0.2) is 111 Å². The summed E-state index contributed by atoms with van der Waals surface area (Å²) in [5.74, 6) is -0.874. The van der Waals surface area contributed by atoms with Gasteiger partial charge in [-0.2, -0.15) is 0 Å². The zero-order chi connectivity index (χ0) is 42.4. The Labute approximate surface area is 349 Å². The van der Waals surface area contributed by atoms with Gasteiger partial charge in [0.25, 0.3) is 12.6 Å². The van der Waals surface area contributed by atoms with E-state index in [2.05, 4.69) is 23.1 Å². The molecule has 2 atom stereocenters. The Morgan fingerprint density at radius 1 is 0.533 bits per heavy atom. The third kappa shape index (κ3) is 14.8. The van der Waals surface area contributed by atoms with Crippen LogP contribution in [-0.2, 0) is 38.0 Å². The van der Waals surface area contributed by atoms with Crippen molar-refractivity contribution in [2.75, 3.05) is 39.6 Å². The van der Waals surface area contributed by atoms with Crippen molar-refractivity contribution in [2.45, 2.75) is 63.9 Å². The molecule has 1 saturated heterocycles. The lowest BCUT2D eigenvalue weighted by Crippen LogP contribution is -2.44. The number of unbranched alkanes of at least 4 members (excludes halogenated alkanes) is 6. The molecule has 0 bridgehead atoms. The Morgan fingerprint density at radius 2 is 0.917 bits per heavy atom. The quantitative estimate of drug-likeness (QED) is 0.0290. The molecular formula is C46H50N2O12. The molecule has 5 rings (SSSR count). The minimum Gasteiger partial charge on any atom is -0.492 e. The van der Waals surface area contributed by atoms with Gasteiger partial charge in [0.05, 0.1) is 74.5 Å². The Morgan fingerprint density at radius 3 is 1.27 bits per heavy atom. The molecule has 2 aromatic carbocycles. The van der Waals surface area contributed by atoms with Gasteiger partial charge in [0, 0.05) is 23.3 Å². The summed E-state index contributed by atoms with van der Waals surface area (Å²) < 4.78 is 43.9. The van der Waals surface area contributed by atoms with Crippen LogP contribution in [0.5, 0.6) is 11.5 Å². The topological polar surface area (TPSA) is 168 Å². The van der Waals surface area contributed by atoms with Crippen molar-refractivity contribution in [1.82, 2.24) is 9.97 Å². The Bertz CT molecular complexity index is 1840. The standard InChI is InChI=1S/C46H50N2O12/c1-3-41(49)55-27-11-7-5-9-25-53-37-21-23-39(47-31-37)33-13-17-35(18-14-33)43(51)59-45-46(58-30-29-57-45)60-44(52)36-19-15-34(16-20-36)40-24-22-38(32-48-40)54-26-10-6-8-12-28-56-42(50)4-2/h3-4,13-24,31-32,45-46H,1-2,5-12,25-30H2. The number of carbonyl (C=O) groups excluding carboxylic acids is 4. The van der Waals surface area contributed by atoms with Crippen molar-refractivity contribution in [1.29, 1.82) is 0 Å². The third-order valence-corrected chi connectivity index (χ3v) is 9.06. The summed E-state index contributed by atoms with van der Waals surface area (Å²) in [5.41, 5.74) is 3.49. The fourth-order valence-corrected chi connectivity index (χ4v) is 5.80. The molecule has 0 radical (unpaired) electrons. The predicted octanol–water partition coefficient (Wildman–Crippen LogP) is 7.86. The summed E-state index contributed by atoms with van der Waals surface area (Å²) in [6.45, 7) is 8.90. The molecule has 2 aromatic heterocycles. The summed E-state index contributed by atoms with van der Waals surface area (Å²) in [5, 5.41) is 0. The highest BCUT2D eigenvalue weighted by Crippen LogP contribution is 2.24. The summed E-state index contributed by atoms with van der Waals surface area (Å²) >= 11 is 0. The van der Waals surface area contributed by atoms with Crippen LogP contribution in [0.1, 0.15) is 72.1 Å². The first kappa shape index (κ1) is 44.7. The fraction of sp³-hybridized carbons (Fsp3) is 0.348. The highest BCUT2D eigenvalue weighted by atomic mass is 16.8. The average molecular weight is 823 g/mol. The van der Waals surface area contributed by atoms with Crippen molar-refractivity contribution in [3.8, 4) is 34.0 Å². The van der Waals surface area contributed by atoms with Gasteiger partial charge in [-0.1, -0.05) is 37.4 Å². The second-order valence-electron chi connectivity index (χ2n) is 13.5. The molecule has 1 aliphatic rings. The van der Waals surface area contributed by atoms with Crippen molar-refractivity contribution in [3.05, 3.63) is 122 Å². The lowest BCUT2D eigenvalue weighted by Gasteiger charge is -2.30. The van der Waals surface area contributed by atoms with Crippen molar-refractivity contribution >= 4 is 23.9 Å². The number of hydrogen-bond donors (Lipinski definition) is 0. The van der Waals surface area contributed by atoms with Gasteiger partial charge in [-0.05, 0) is 99.9 Å². The maximum absolute atomic E-state index is 13.1. The van der Waals surface area contributed by atoms with Crippen LogP contribution in [0.2, 0.25) is 0 Å². The molecule has 3 heterocycles. The van der Waals surface area contributed by atoms with Crippen LogP contribution in [-0.4, -0.2) is 86.1 Å². The second-order valence-corrected chi connectivity index (χ2v) is 13.5. The maximum Gasteiger partial charge on any atom is 0.340 e. The van der Waals surface area contributed by atoms with Crippen LogP contribution in [0.4, 0.5) is 0 Å². The molecule has 1 fully saturated rings. The number of benzene rings is 2. The first-order chi connectivity index (χ1) is 29.3. The normalized spacial score (nSPS) is 14.6. The van der Waals surface area contributed by atoms with Crippen molar-refractivity contribution < 1.29 is 57.1 Å². The van der Waals surface area contributed by atoms with Crippen LogP contribution in [0, 0.1) is 0 Å². The Balaban J connectivity index is 1.02. The zero-order valence-electron chi connectivity index (χ0n) is 33.5. The summed E-state index contributed by atoms with van der Waals surface area (Å²) in [4.78, 5) is 57.3. The van der Waals surface area contributed by atoms with Gasteiger partial charge in [0.15, 0.2) is 0 Å². The van der Waals surface area contributed by atoms with Crippen LogP contribution >= 0.6 is 0 Å². The minimum absolute atomic E-state index is 0.146. The molecule has 316 valence electrons. The molecule has 4 aromatic rings. The van der Waals surface area contributed by atoms with Gasteiger partial charge in [0.2, 0.25) is 0 Å².